The number of pyridine rings is 1. The number of hydrogen-bond donors (Lipinski definition) is 1. The third-order valence-electron chi connectivity index (χ3n) is 4.54. The molecule has 0 fully saturated rings. The number of nitrogens with zero attached hydrogens (tertiary/aromatic N) is 2. The molecule has 0 amide bonds. The van der Waals surface area contributed by atoms with E-state index in [2.05, 4.69) is 36.2 Å². The molecule has 118 valence electrons. The minimum atomic E-state index is 0.891. The maximum Gasteiger partial charge on any atom is 0.119 e. The Labute approximate surface area is 132 Å². The van der Waals surface area contributed by atoms with E-state index in [1.165, 1.54) is 22.2 Å². The molecular formula is C18H25N3O. The molecule has 0 spiro atoms. The maximum absolute atomic E-state index is 5.41. The summed E-state index contributed by atoms with van der Waals surface area (Å²) in [5.74, 6) is 0.898. The topological polar surface area (TPSA) is 37.4 Å². The number of ether oxygens (including phenoxy) is 1. The first-order valence-electron chi connectivity index (χ1n) is 8.18. The van der Waals surface area contributed by atoms with E-state index in [9.17, 15) is 0 Å². The lowest BCUT2D eigenvalue weighted by molar-refractivity contribution is 0.265. The maximum atomic E-state index is 5.41. The number of rotatable bonds is 5. The van der Waals surface area contributed by atoms with Crippen LogP contribution in [-0.4, -0.2) is 36.6 Å². The lowest BCUT2D eigenvalue weighted by Gasteiger charge is -2.29. The average molecular weight is 299 g/mol. The van der Waals surface area contributed by atoms with Crippen molar-refractivity contribution in [3.63, 3.8) is 0 Å². The summed E-state index contributed by atoms with van der Waals surface area (Å²) in [7, 11) is 1.72. The van der Waals surface area contributed by atoms with Crippen LogP contribution in [0.5, 0.6) is 5.75 Å². The molecule has 0 saturated carbocycles. The van der Waals surface area contributed by atoms with E-state index in [-0.39, 0.29) is 0 Å². The van der Waals surface area contributed by atoms with Gasteiger partial charge in [-0.1, -0.05) is 13.8 Å². The zero-order chi connectivity index (χ0) is 15.5. The molecule has 0 bridgehead atoms. The third kappa shape index (κ3) is 2.81. The molecule has 2 aromatic rings. The molecule has 0 unspecified atom stereocenters. The molecule has 3 rings (SSSR count). The van der Waals surface area contributed by atoms with E-state index in [0.717, 1.165) is 50.4 Å². The molecule has 1 aromatic heterocycles. The number of aromatic nitrogens is 1. The highest BCUT2D eigenvalue weighted by Crippen LogP contribution is 2.30. The monoisotopic (exact) mass is 299 g/mol. The van der Waals surface area contributed by atoms with Gasteiger partial charge in [0, 0.05) is 37.1 Å². The summed E-state index contributed by atoms with van der Waals surface area (Å²) < 4.78 is 5.41. The number of hydrogen-bond acceptors (Lipinski definition) is 4. The van der Waals surface area contributed by atoms with Crippen molar-refractivity contribution in [2.75, 3.05) is 26.7 Å². The van der Waals surface area contributed by atoms with Crippen molar-refractivity contribution < 1.29 is 4.74 Å². The standard InChI is InChI=1S/C18H25N3O/c1-4-19-11-15-14-10-13(22-3)6-7-17(14)20-18-8-9-21(5-2)12-16(15)18/h6-7,10,19H,4-5,8-9,11-12H2,1-3H3. The van der Waals surface area contributed by atoms with Gasteiger partial charge in [0.05, 0.1) is 12.6 Å². The Balaban J connectivity index is 2.16. The van der Waals surface area contributed by atoms with Crippen LogP contribution in [-0.2, 0) is 19.5 Å². The van der Waals surface area contributed by atoms with Crippen molar-refractivity contribution in [3.8, 4) is 5.75 Å². The fourth-order valence-corrected chi connectivity index (χ4v) is 3.21. The number of benzene rings is 1. The molecule has 1 N–H and O–H groups in total. The second-order valence-corrected chi connectivity index (χ2v) is 5.80. The molecule has 0 aliphatic carbocycles. The summed E-state index contributed by atoms with van der Waals surface area (Å²) in [5, 5.41) is 4.71. The van der Waals surface area contributed by atoms with Gasteiger partial charge >= 0.3 is 0 Å². The molecule has 1 aliphatic rings. The lowest BCUT2D eigenvalue weighted by atomic mass is 9.95. The Morgan fingerprint density at radius 1 is 1.32 bits per heavy atom. The van der Waals surface area contributed by atoms with Crippen molar-refractivity contribution in [1.29, 1.82) is 0 Å². The fourth-order valence-electron chi connectivity index (χ4n) is 3.21. The van der Waals surface area contributed by atoms with Crippen LogP contribution in [0.1, 0.15) is 30.7 Å². The van der Waals surface area contributed by atoms with Gasteiger partial charge in [0.2, 0.25) is 0 Å². The Morgan fingerprint density at radius 2 is 2.18 bits per heavy atom. The summed E-state index contributed by atoms with van der Waals surface area (Å²) in [6.07, 6.45) is 1.05. The largest absolute Gasteiger partial charge is 0.497 e. The van der Waals surface area contributed by atoms with E-state index in [1.807, 2.05) is 6.07 Å². The minimum absolute atomic E-state index is 0.891. The summed E-state index contributed by atoms with van der Waals surface area (Å²) in [4.78, 5) is 7.41. The van der Waals surface area contributed by atoms with Crippen molar-refractivity contribution in [2.24, 2.45) is 0 Å². The van der Waals surface area contributed by atoms with Gasteiger partial charge in [0.1, 0.15) is 5.75 Å². The van der Waals surface area contributed by atoms with E-state index in [0.29, 0.717) is 0 Å². The normalized spacial score (nSPS) is 15.0. The third-order valence-corrected chi connectivity index (χ3v) is 4.54. The summed E-state index contributed by atoms with van der Waals surface area (Å²) in [6, 6.07) is 6.20. The zero-order valence-corrected chi connectivity index (χ0v) is 13.8. The Hall–Kier alpha value is -1.65. The molecule has 0 saturated heterocycles. The predicted octanol–water partition coefficient (Wildman–Crippen LogP) is 2.73. The summed E-state index contributed by atoms with van der Waals surface area (Å²) in [6.45, 7) is 9.45. The zero-order valence-electron chi connectivity index (χ0n) is 13.8. The molecule has 0 atom stereocenters. The first-order valence-corrected chi connectivity index (χ1v) is 8.18. The van der Waals surface area contributed by atoms with Gasteiger partial charge in [-0.3, -0.25) is 9.88 Å². The molecule has 22 heavy (non-hydrogen) atoms. The second kappa shape index (κ2) is 6.63. The number of likely N-dealkylation sites (N-methyl/N-ethyl adjacent to an activating group) is 1. The van der Waals surface area contributed by atoms with Crippen LogP contribution in [0.4, 0.5) is 0 Å². The average Bonchev–Trinajstić information content (AvgIpc) is 2.57. The Bertz CT molecular complexity index is 669. The van der Waals surface area contributed by atoms with Crippen molar-refractivity contribution in [2.45, 2.75) is 33.4 Å². The van der Waals surface area contributed by atoms with Crippen LogP contribution in [0.3, 0.4) is 0 Å². The highest BCUT2D eigenvalue weighted by Gasteiger charge is 2.21. The van der Waals surface area contributed by atoms with Crippen LogP contribution in [0.15, 0.2) is 18.2 Å². The van der Waals surface area contributed by atoms with E-state index in [4.69, 9.17) is 9.72 Å². The molecule has 1 aliphatic heterocycles. The van der Waals surface area contributed by atoms with Crippen LogP contribution in [0.25, 0.3) is 10.9 Å². The van der Waals surface area contributed by atoms with Gasteiger partial charge in [-0.25, -0.2) is 0 Å². The fraction of sp³-hybridized carbons (Fsp3) is 0.500. The summed E-state index contributed by atoms with van der Waals surface area (Å²) >= 11 is 0. The molecule has 4 nitrogen and oxygen atoms in total. The SMILES string of the molecule is CCNCc1c2c(nc3ccc(OC)cc13)CCN(CC)C2. The smallest absolute Gasteiger partial charge is 0.119 e. The minimum Gasteiger partial charge on any atom is -0.497 e. The Kier molecular flexibility index (Phi) is 4.60. The Morgan fingerprint density at radius 3 is 2.91 bits per heavy atom. The number of fused-ring (bicyclic) bond motifs is 2. The van der Waals surface area contributed by atoms with Gasteiger partial charge in [0.15, 0.2) is 0 Å². The van der Waals surface area contributed by atoms with Gasteiger partial charge in [-0.2, -0.15) is 0 Å². The highest BCUT2D eigenvalue weighted by atomic mass is 16.5. The summed E-state index contributed by atoms with van der Waals surface area (Å²) in [5.41, 5.74) is 5.15. The quantitative estimate of drug-likeness (QED) is 0.921. The number of nitrogens with one attached hydrogen (secondary N) is 1. The van der Waals surface area contributed by atoms with Crippen molar-refractivity contribution >= 4 is 10.9 Å². The van der Waals surface area contributed by atoms with E-state index >= 15 is 0 Å². The van der Waals surface area contributed by atoms with Gasteiger partial charge in [-0.15, -0.1) is 0 Å². The van der Waals surface area contributed by atoms with Crippen molar-refractivity contribution in [3.05, 3.63) is 35.0 Å². The highest BCUT2D eigenvalue weighted by molar-refractivity contribution is 5.85. The molecule has 1 aromatic carbocycles. The van der Waals surface area contributed by atoms with Crippen LogP contribution in [0.2, 0.25) is 0 Å². The van der Waals surface area contributed by atoms with Gasteiger partial charge < -0.3 is 10.1 Å². The van der Waals surface area contributed by atoms with Gasteiger partial charge in [-0.05, 0) is 42.4 Å². The van der Waals surface area contributed by atoms with Crippen LogP contribution >= 0.6 is 0 Å². The van der Waals surface area contributed by atoms with Gasteiger partial charge in [0.25, 0.3) is 0 Å². The lowest BCUT2D eigenvalue weighted by Crippen LogP contribution is -2.32. The van der Waals surface area contributed by atoms with Crippen LogP contribution in [0, 0.1) is 0 Å². The number of methoxy groups -OCH3 is 1. The van der Waals surface area contributed by atoms with E-state index < -0.39 is 0 Å². The first kappa shape index (κ1) is 15.3. The second-order valence-electron chi connectivity index (χ2n) is 5.80. The molecule has 4 heteroatoms. The van der Waals surface area contributed by atoms with E-state index in [1.54, 1.807) is 7.11 Å². The van der Waals surface area contributed by atoms with Crippen molar-refractivity contribution in [1.82, 2.24) is 15.2 Å². The molecular weight excluding hydrogens is 274 g/mol. The predicted molar refractivity (Wildman–Crippen MR) is 90.3 cm³/mol. The molecule has 2 heterocycles. The van der Waals surface area contributed by atoms with Crippen LogP contribution < -0.4 is 10.1 Å². The first-order chi connectivity index (χ1) is 10.8. The molecule has 0 radical (unpaired) electrons.